The summed E-state index contributed by atoms with van der Waals surface area (Å²) in [5.41, 5.74) is 8.20. The number of hydrogen-bond acceptors (Lipinski definition) is 3. The van der Waals surface area contributed by atoms with E-state index >= 15 is 0 Å². The maximum atomic E-state index is 9.18. The molecule has 0 aliphatic carbocycles. The van der Waals surface area contributed by atoms with Crippen LogP contribution < -0.4 is 4.90 Å². The predicted molar refractivity (Wildman–Crippen MR) is 117 cm³/mol. The van der Waals surface area contributed by atoms with Gasteiger partial charge in [0.15, 0.2) is 0 Å². The first-order chi connectivity index (χ1) is 13.7. The van der Waals surface area contributed by atoms with Crippen LogP contribution in [0.1, 0.15) is 29.2 Å². The van der Waals surface area contributed by atoms with E-state index in [1.807, 2.05) is 0 Å². The van der Waals surface area contributed by atoms with Crippen molar-refractivity contribution in [2.24, 2.45) is 0 Å². The normalized spacial score (nSPS) is 10.9. The molecule has 3 nitrogen and oxygen atoms in total. The Morgan fingerprint density at radius 2 is 1.14 bits per heavy atom. The van der Waals surface area contributed by atoms with Crippen LogP contribution in [-0.2, 0) is 19.3 Å². The predicted octanol–water partition coefficient (Wildman–Crippen LogP) is 5.10. The molecule has 0 saturated heterocycles. The standard InChI is InChI=1S/C25H29NO2/c1-3-22-8-13-25(18-19(22)2)26(23-9-4-20(5-10-23)14-16-27)24-11-6-21(7-12-24)15-17-28/h4-13,18,27-28H,3,14-17H2,1-2H3. The van der Waals surface area contributed by atoms with Crippen LogP contribution in [0.15, 0.2) is 66.7 Å². The van der Waals surface area contributed by atoms with Crippen LogP contribution >= 0.6 is 0 Å². The summed E-state index contributed by atoms with van der Waals surface area (Å²) in [4.78, 5) is 2.25. The SMILES string of the molecule is CCc1ccc(N(c2ccc(CCO)cc2)c2ccc(CCO)cc2)cc1C. The summed E-state index contributed by atoms with van der Waals surface area (Å²) in [5, 5.41) is 18.4. The molecule has 146 valence electrons. The van der Waals surface area contributed by atoms with Crippen molar-refractivity contribution < 1.29 is 10.2 Å². The Balaban J connectivity index is 2.03. The van der Waals surface area contributed by atoms with Crippen LogP contribution in [0.2, 0.25) is 0 Å². The van der Waals surface area contributed by atoms with Crippen molar-refractivity contribution >= 4 is 17.1 Å². The lowest BCUT2D eigenvalue weighted by molar-refractivity contribution is 0.299. The second-order valence-corrected chi connectivity index (χ2v) is 7.08. The van der Waals surface area contributed by atoms with Crippen LogP contribution in [0.3, 0.4) is 0 Å². The lowest BCUT2D eigenvalue weighted by atomic mass is 10.0. The Kier molecular flexibility index (Phi) is 6.85. The Bertz CT molecular complexity index is 836. The minimum absolute atomic E-state index is 0.160. The molecule has 0 fully saturated rings. The molecule has 0 atom stereocenters. The van der Waals surface area contributed by atoms with Gasteiger partial charge in [-0.15, -0.1) is 0 Å². The van der Waals surface area contributed by atoms with E-state index in [1.165, 1.54) is 11.1 Å². The van der Waals surface area contributed by atoms with E-state index in [4.69, 9.17) is 0 Å². The molecule has 3 aromatic carbocycles. The molecule has 0 aliphatic heterocycles. The summed E-state index contributed by atoms with van der Waals surface area (Å²) in [5.74, 6) is 0. The minimum atomic E-state index is 0.160. The van der Waals surface area contributed by atoms with E-state index in [0.29, 0.717) is 12.8 Å². The van der Waals surface area contributed by atoms with Crippen molar-refractivity contribution in [3.8, 4) is 0 Å². The zero-order valence-electron chi connectivity index (χ0n) is 16.7. The van der Waals surface area contributed by atoms with Gasteiger partial charge in [-0.1, -0.05) is 37.3 Å². The molecule has 28 heavy (non-hydrogen) atoms. The Morgan fingerprint density at radius 3 is 1.54 bits per heavy atom. The molecule has 2 N–H and O–H groups in total. The van der Waals surface area contributed by atoms with Crippen molar-refractivity contribution in [3.05, 3.63) is 89.0 Å². The van der Waals surface area contributed by atoms with Gasteiger partial charge >= 0.3 is 0 Å². The molecule has 0 aromatic heterocycles. The monoisotopic (exact) mass is 375 g/mol. The summed E-state index contributed by atoms with van der Waals surface area (Å²) in [6.45, 7) is 4.66. The first-order valence-corrected chi connectivity index (χ1v) is 9.95. The zero-order chi connectivity index (χ0) is 19.9. The molecular formula is C25H29NO2. The van der Waals surface area contributed by atoms with Gasteiger partial charge in [0.05, 0.1) is 0 Å². The third-order valence-corrected chi connectivity index (χ3v) is 5.16. The fourth-order valence-electron chi connectivity index (χ4n) is 3.54. The molecule has 0 spiro atoms. The second-order valence-electron chi connectivity index (χ2n) is 7.08. The number of aryl methyl sites for hydroxylation is 2. The van der Waals surface area contributed by atoms with Crippen LogP contribution in [-0.4, -0.2) is 23.4 Å². The Labute approximate surface area is 167 Å². The third-order valence-electron chi connectivity index (χ3n) is 5.16. The van der Waals surface area contributed by atoms with Gasteiger partial charge in [0.25, 0.3) is 0 Å². The first kappa shape index (κ1) is 20.1. The molecule has 3 aromatic rings. The van der Waals surface area contributed by atoms with E-state index in [9.17, 15) is 10.2 Å². The van der Waals surface area contributed by atoms with E-state index < -0.39 is 0 Å². The average molecular weight is 376 g/mol. The van der Waals surface area contributed by atoms with Gasteiger partial charge in [0.1, 0.15) is 0 Å². The molecule has 0 bridgehead atoms. The van der Waals surface area contributed by atoms with Crippen molar-refractivity contribution in [3.63, 3.8) is 0 Å². The summed E-state index contributed by atoms with van der Waals surface area (Å²) >= 11 is 0. The van der Waals surface area contributed by atoms with Gasteiger partial charge in [-0.3, -0.25) is 0 Å². The van der Waals surface area contributed by atoms with Gasteiger partial charge < -0.3 is 15.1 Å². The summed E-state index contributed by atoms with van der Waals surface area (Å²) in [6.07, 6.45) is 2.36. The molecule has 0 saturated carbocycles. The highest BCUT2D eigenvalue weighted by Crippen LogP contribution is 2.35. The summed E-state index contributed by atoms with van der Waals surface area (Å²) < 4.78 is 0. The van der Waals surface area contributed by atoms with Gasteiger partial charge in [-0.25, -0.2) is 0 Å². The number of aliphatic hydroxyl groups is 2. The Hall–Kier alpha value is -2.62. The quantitative estimate of drug-likeness (QED) is 0.576. The van der Waals surface area contributed by atoms with Crippen LogP contribution in [0.4, 0.5) is 17.1 Å². The number of hydrogen-bond donors (Lipinski definition) is 2. The molecule has 0 heterocycles. The zero-order valence-corrected chi connectivity index (χ0v) is 16.7. The van der Waals surface area contributed by atoms with Crippen molar-refractivity contribution in [1.29, 1.82) is 0 Å². The van der Waals surface area contributed by atoms with Gasteiger partial charge in [-0.2, -0.15) is 0 Å². The number of rotatable bonds is 8. The van der Waals surface area contributed by atoms with E-state index in [-0.39, 0.29) is 13.2 Å². The maximum Gasteiger partial charge on any atom is 0.0471 e. The third kappa shape index (κ3) is 4.61. The molecule has 0 aliphatic rings. The van der Waals surface area contributed by atoms with E-state index in [1.54, 1.807) is 0 Å². The van der Waals surface area contributed by atoms with E-state index in [0.717, 1.165) is 34.6 Å². The second kappa shape index (κ2) is 9.54. The smallest absolute Gasteiger partial charge is 0.0471 e. The fourth-order valence-corrected chi connectivity index (χ4v) is 3.54. The molecule has 0 unspecified atom stereocenters. The number of aliphatic hydroxyl groups excluding tert-OH is 2. The molecule has 3 rings (SSSR count). The van der Waals surface area contributed by atoms with Crippen molar-refractivity contribution in [2.45, 2.75) is 33.1 Å². The number of benzene rings is 3. The molecular weight excluding hydrogens is 346 g/mol. The average Bonchev–Trinajstić information content (AvgIpc) is 2.71. The summed E-state index contributed by atoms with van der Waals surface area (Å²) in [6, 6.07) is 23.3. The topological polar surface area (TPSA) is 43.7 Å². The van der Waals surface area contributed by atoms with Crippen LogP contribution in [0.5, 0.6) is 0 Å². The van der Waals surface area contributed by atoms with Gasteiger partial charge in [0, 0.05) is 30.3 Å². The van der Waals surface area contributed by atoms with Crippen molar-refractivity contribution in [2.75, 3.05) is 18.1 Å². The highest BCUT2D eigenvalue weighted by molar-refractivity contribution is 5.77. The van der Waals surface area contributed by atoms with Gasteiger partial charge in [0.2, 0.25) is 0 Å². The fraction of sp³-hybridized carbons (Fsp3) is 0.280. The lowest BCUT2D eigenvalue weighted by Gasteiger charge is -2.26. The van der Waals surface area contributed by atoms with Crippen LogP contribution in [0, 0.1) is 6.92 Å². The first-order valence-electron chi connectivity index (χ1n) is 9.95. The van der Waals surface area contributed by atoms with Gasteiger partial charge in [-0.05, 0) is 84.8 Å². The van der Waals surface area contributed by atoms with Crippen molar-refractivity contribution in [1.82, 2.24) is 0 Å². The number of anilines is 3. The highest BCUT2D eigenvalue weighted by Gasteiger charge is 2.13. The largest absolute Gasteiger partial charge is 0.396 e. The Morgan fingerprint density at radius 1 is 0.679 bits per heavy atom. The highest BCUT2D eigenvalue weighted by atomic mass is 16.3. The van der Waals surface area contributed by atoms with Crippen LogP contribution in [0.25, 0.3) is 0 Å². The lowest BCUT2D eigenvalue weighted by Crippen LogP contribution is -2.11. The molecule has 0 amide bonds. The minimum Gasteiger partial charge on any atom is -0.396 e. The molecule has 0 radical (unpaired) electrons. The maximum absolute atomic E-state index is 9.18. The summed E-state index contributed by atoms with van der Waals surface area (Å²) in [7, 11) is 0. The number of nitrogens with zero attached hydrogens (tertiary/aromatic N) is 1. The van der Waals surface area contributed by atoms with E-state index in [2.05, 4.69) is 85.5 Å². The molecule has 3 heteroatoms.